The molecule has 0 amide bonds. The Bertz CT molecular complexity index is 1530. The number of hydrogen-bond donors (Lipinski definition) is 3. The third-order valence-electron chi connectivity index (χ3n) is 9.85. The summed E-state index contributed by atoms with van der Waals surface area (Å²) in [5, 5.41) is 14.5. The topological polar surface area (TPSA) is 118 Å². The Balaban J connectivity index is 1.57. The van der Waals surface area contributed by atoms with Crippen LogP contribution in [-0.2, 0) is 9.59 Å². The van der Waals surface area contributed by atoms with Crippen LogP contribution < -0.4 is 15.8 Å². The van der Waals surface area contributed by atoms with Crippen molar-refractivity contribution in [1.82, 2.24) is 15.2 Å². The van der Waals surface area contributed by atoms with Gasteiger partial charge in [0.15, 0.2) is 17.3 Å². The van der Waals surface area contributed by atoms with Crippen LogP contribution in [0, 0.1) is 5.92 Å². The van der Waals surface area contributed by atoms with Crippen molar-refractivity contribution >= 4 is 45.0 Å². The number of Topliss-reactive ketones (excluding diaryl/α,β-unsaturated/α-hetero) is 1. The summed E-state index contributed by atoms with van der Waals surface area (Å²) < 4.78 is 5.45. The molecule has 0 radical (unpaired) electrons. The predicted octanol–water partition coefficient (Wildman–Crippen LogP) is 6.88. The molecule has 0 spiro atoms. The van der Waals surface area contributed by atoms with E-state index in [4.69, 9.17) is 15.5 Å². The average Bonchev–Trinajstić information content (AvgIpc) is 3.75. The molecule has 1 aromatic heterocycles. The Hall–Kier alpha value is -3.37. The number of allylic oxidation sites excluding steroid dienone is 2. The van der Waals surface area contributed by atoms with Crippen molar-refractivity contribution in [2.45, 2.75) is 80.2 Å². The SMILES string of the molecule is CC[C@H]1CCC(=O)CC(=O)/C=C/c2cc(OC)c(O)cc2[C@@H]2/C=C\[C@H]1SS[C@@H](C1(N3C=CNC3)CCCC1)c1cc2cnc1N. The summed E-state index contributed by atoms with van der Waals surface area (Å²) in [4.78, 5) is 33.0. The third kappa shape index (κ3) is 6.36. The van der Waals surface area contributed by atoms with Crippen molar-refractivity contribution in [3.05, 3.63) is 77.3 Å². The van der Waals surface area contributed by atoms with Gasteiger partial charge in [-0.3, -0.25) is 9.59 Å². The zero-order valence-electron chi connectivity index (χ0n) is 25.9. The molecule has 3 heterocycles. The molecule has 1 fully saturated rings. The number of fused-ring (bicyclic) bond motifs is 7. The maximum Gasteiger partial charge on any atom is 0.163 e. The normalized spacial score (nSPS) is 27.8. The first kappa shape index (κ1) is 31.6. The maximum atomic E-state index is 12.9. The second kappa shape index (κ2) is 13.5. The molecule has 1 aromatic carbocycles. The number of rotatable bonds is 4. The van der Waals surface area contributed by atoms with Crippen LogP contribution in [0.2, 0.25) is 0 Å². The fourth-order valence-corrected chi connectivity index (χ4v) is 11.3. The number of nitrogen functional groups attached to an aromatic ring is 1. The van der Waals surface area contributed by atoms with Crippen LogP contribution in [0.25, 0.3) is 6.08 Å². The van der Waals surface area contributed by atoms with Crippen molar-refractivity contribution in [2.75, 3.05) is 19.5 Å². The number of carbonyl (C=O) groups excluding carboxylic acids is 2. The Morgan fingerprint density at radius 1 is 1.13 bits per heavy atom. The van der Waals surface area contributed by atoms with Crippen molar-refractivity contribution < 1.29 is 19.4 Å². The van der Waals surface area contributed by atoms with Crippen molar-refractivity contribution in [3.8, 4) is 11.5 Å². The molecule has 4 bridgehead atoms. The zero-order chi connectivity index (χ0) is 31.6. The van der Waals surface area contributed by atoms with E-state index in [-0.39, 0.29) is 51.6 Å². The summed E-state index contributed by atoms with van der Waals surface area (Å²) in [5.41, 5.74) is 10.2. The van der Waals surface area contributed by atoms with Gasteiger partial charge in [-0.2, -0.15) is 0 Å². The molecule has 6 rings (SSSR count). The average molecular weight is 647 g/mol. The van der Waals surface area contributed by atoms with Crippen molar-refractivity contribution in [2.24, 2.45) is 5.92 Å². The fraction of sp³-hybridized carbons (Fsp3) is 0.457. The van der Waals surface area contributed by atoms with Gasteiger partial charge in [0.25, 0.3) is 0 Å². The number of methoxy groups -OCH3 is 1. The van der Waals surface area contributed by atoms with Gasteiger partial charge in [-0.15, -0.1) is 0 Å². The van der Waals surface area contributed by atoms with Crippen LogP contribution >= 0.6 is 21.6 Å². The second-order valence-corrected chi connectivity index (χ2v) is 15.0. The van der Waals surface area contributed by atoms with E-state index in [1.54, 1.807) is 18.2 Å². The van der Waals surface area contributed by atoms with Crippen LogP contribution in [0.15, 0.2) is 55.0 Å². The van der Waals surface area contributed by atoms with Gasteiger partial charge >= 0.3 is 0 Å². The van der Waals surface area contributed by atoms with Crippen molar-refractivity contribution in [3.63, 3.8) is 0 Å². The highest BCUT2D eigenvalue weighted by atomic mass is 33.1. The Morgan fingerprint density at radius 3 is 2.69 bits per heavy atom. The van der Waals surface area contributed by atoms with Gasteiger partial charge in [-0.25, -0.2) is 4.98 Å². The molecular weight excluding hydrogens is 605 g/mol. The number of pyridine rings is 1. The van der Waals surface area contributed by atoms with E-state index >= 15 is 0 Å². The monoisotopic (exact) mass is 646 g/mol. The molecular formula is C35H42N4O4S2. The number of phenolic OH excluding ortho intramolecular Hbond substituents is 1. The van der Waals surface area contributed by atoms with Crippen LogP contribution in [0.1, 0.15) is 91.7 Å². The predicted molar refractivity (Wildman–Crippen MR) is 183 cm³/mol. The summed E-state index contributed by atoms with van der Waals surface area (Å²) in [7, 11) is 5.26. The Kier molecular flexibility index (Phi) is 9.52. The first-order valence-corrected chi connectivity index (χ1v) is 18.2. The van der Waals surface area contributed by atoms with E-state index in [0.717, 1.165) is 67.4 Å². The maximum absolute atomic E-state index is 12.9. The third-order valence-corrected chi connectivity index (χ3v) is 13.2. The highest BCUT2D eigenvalue weighted by Gasteiger charge is 2.48. The molecule has 2 aliphatic carbocycles. The van der Waals surface area contributed by atoms with E-state index in [1.807, 2.05) is 34.0 Å². The van der Waals surface area contributed by atoms with Crippen molar-refractivity contribution in [1.29, 1.82) is 0 Å². The lowest BCUT2D eigenvalue weighted by Crippen LogP contribution is -2.48. The number of aromatic nitrogens is 1. The number of nitrogens with one attached hydrogen (secondary N) is 1. The minimum absolute atomic E-state index is 0.0189. The molecule has 10 heteroatoms. The lowest BCUT2D eigenvalue weighted by molar-refractivity contribution is -0.124. The standard InChI is InChI=1S/C35H42N4O4S2/c1-3-22-6-8-25(40)18-26(41)9-7-23-17-31(43-2)30(42)19-28(23)27-10-11-32(22)44-45-33(29-16-24(27)20-38-34(29)36)35(12-4-5-13-35)39-15-14-37-21-39/h7,9-11,14-17,19-20,22,27,32-33,37,42H,3-6,8,12-13,18,21H2,1-2H3,(H2,36,38)/b9-7+,11-10-/t22-,27+,32+,33+/m0/s1. The summed E-state index contributed by atoms with van der Waals surface area (Å²) in [6.07, 6.45) is 20.1. The van der Waals surface area contributed by atoms with Crippen LogP contribution in [0.3, 0.4) is 0 Å². The Labute approximate surface area is 273 Å². The number of aromatic hydroxyl groups is 1. The van der Waals surface area contributed by atoms with Crippen LogP contribution in [0.5, 0.6) is 11.5 Å². The quantitative estimate of drug-likeness (QED) is 0.184. The number of ketones is 2. The van der Waals surface area contributed by atoms with Gasteiger partial charge in [-0.1, -0.05) is 66.0 Å². The largest absolute Gasteiger partial charge is 0.504 e. The number of nitrogens with two attached hydrogens (primary N) is 1. The molecule has 8 nitrogen and oxygen atoms in total. The van der Waals surface area contributed by atoms with Crippen LogP contribution in [-0.4, -0.2) is 51.1 Å². The second-order valence-electron chi connectivity index (χ2n) is 12.5. The molecule has 4 aliphatic rings. The molecule has 4 N–H and O–H groups in total. The summed E-state index contributed by atoms with van der Waals surface area (Å²) in [6, 6.07) is 5.68. The van der Waals surface area contributed by atoms with Gasteiger partial charge in [0.1, 0.15) is 11.6 Å². The van der Waals surface area contributed by atoms with Crippen LogP contribution in [0.4, 0.5) is 5.82 Å². The first-order valence-electron chi connectivity index (χ1n) is 15.9. The number of carbonyl (C=O) groups is 2. The molecule has 0 unspecified atom stereocenters. The first-order chi connectivity index (χ1) is 21.8. The van der Waals surface area contributed by atoms with E-state index in [9.17, 15) is 14.7 Å². The number of anilines is 1. The molecule has 238 valence electrons. The van der Waals surface area contributed by atoms with E-state index in [0.29, 0.717) is 18.0 Å². The molecule has 2 aliphatic heterocycles. The Morgan fingerprint density at radius 2 is 1.96 bits per heavy atom. The minimum Gasteiger partial charge on any atom is -0.504 e. The molecule has 0 saturated heterocycles. The molecule has 1 saturated carbocycles. The zero-order valence-corrected chi connectivity index (χ0v) is 27.5. The molecule has 4 atom stereocenters. The summed E-state index contributed by atoms with van der Waals surface area (Å²) >= 11 is 0. The van der Waals surface area contributed by atoms with E-state index in [1.165, 1.54) is 13.2 Å². The molecule has 45 heavy (non-hydrogen) atoms. The van der Waals surface area contributed by atoms with Gasteiger partial charge < -0.3 is 25.8 Å². The smallest absolute Gasteiger partial charge is 0.163 e. The van der Waals surface area contributed by atoms with Gasteiger partial charge in [0.2, 0.25) is 0 Å². The van der Waals surface area contributed by atoms with Gasteiger partial charge in [0, 0.05) is 41.7 Å². The number of nitrogens with zero attached hydrogens (tertiary/aromatic N) is 2. The highest BCUT2D eigenvalue weighted by Crippen LogP contribution is 2.58. The minimum atomic E-state index is -0.273. The fourth-order valence-electron chi connectivity index (χ4n) is 7.31. The molecule has 2 aromatic rings. The lowest BCUT2D eigenvalue weighted by atomic mass is 9.83. The van der Waals surface area contributed by atoms with Gasteiger partial charge in [-0.05, 0) is 66.1 Å². The number of hydrogen-bond acceptors (Lipinski definition) is 10. The summed E-state index contributed by atoms with van der Waals surface area (Å²) in [6.45, 7) is 2.95. The number of benzene rings is 1. The summed E-state index contributed by atoms with van der Waals surface area (Å²) in [5.74, 6) is 0.569. The van der Waals surface area contributed by atoms with Gasteiger partial charge in [0.05, 0.1) is 31.0 Å². The van der Waals surface area contributed by atoms with E-state index < -0.39 is 0 Å². The number of phenols is 1. The van der Waals surface area contributed by atoms with E-state index in [2.05, 4.69) is 41.6 Å². The highest BCUT2D eigenvalue weighted by molar-refractivity contribution is 8.77. The lowest BCUT2D eigenvalue weighted by Gasteiger charge is -2.45. The number of ether oxygens (including phenoxy) is 1.